The Kier molecular flexibility index (Phi) is 37.7. The van der Waals surface area contributed by atoms with Crippen LogP contribution in [0, 0.1) is 0 Å². The van der Waals surface area contributed by atoms with Gasteiger partial charge in [0, 0.05) is 12.8 Å². The van der Waals surface area contributed by atoms with Crippen molar-refractivity contribution in [2.45, 2.75) is 161 Å². The summed E-state index contributed by atoms with van der Waals surface area (Å²) in [5, 5.41) is 0. The number of carbonyl (C=O) groups is 2. The van der Waals surface area contributed by atoms with Gasteiger partial charge in [0.15, 0.2) is 6.10 Å². The number of hydrogen-bond acceptors (Lipinski definition) is 7. The Bertz CT molecular complexity index is 1260. The first-order valence-corrected chi connectivity index (χ1v) is 23.8. The van der Waals surface area contributed by atoms with E-state index in [2.05, 4.69) is 92.8 Å². The van der Waals surface area contributed by atoms with Crippen molar-refractivity contribution < 1.29 is 42.1 Å². The summed E-state index contributed by atoms with van der Waals surface area (Å²) in [6.45, 7) is 4.19. The average molecular weight is 833 g/mol. The van der Waals surface area contributed by atoms with Gasteiger partial charge in [0.1, 0.15) is 19.8 Å². The molecule has 0 aliphatic heterocycles. The molecule has 332 valence electrons. The number of ether oxygens (including phenoxy) is 2. The van der Waals surface area contributed by atoms with Gasteiger partial charge in [0.05, 0.1) is 27.7 Å². The maximum absolute atomic E-state index is 12.7. The first-order valence-electron chi connectivity index (χ1n) is 22.3. The van der Waals surface area contributed by atoms with Crippen molar-refractivity contribution in [3.8, 4) is 0 Å². The van der Waals surface area contributed by atoms with Crippen LogP contribution in [0.15, 0.2) is 85.1 Å². The number of likely N-dealkylation sites (N-methyl/N-ethyl adjacent to an activating group) is 1. The lowest BCUT2D eigenvalue weighted by atomic mass is 10.1. The molecule has 2 atom stereocenters. The van der Waals surface area contributed by atoms with E-state index in [0.29, 0.717) is 23.9 Å². The Morgan fingerprint density at radius 1 is 0.552 bits per heavy atom. The zero-order valence-electron chi connectivity index (χ0n) is 37.2. The number of phosphoric ester groups is 1. The van der Waals surface area contributed by atoms with Crippen molar-refractivity contribution in [3.05, 3.63) is 85.1 Å². The summed E-state index contributed by atoms with van der Waals surface area (Å²) in [4.78, 5) is 35.4. The predicted octanol–water partition coefficient (Wildman–Crippen LogP) is 12.8. The topological polar surface area (TPSA) is 108 Å². The summed E-state index contributed by atoms with van der Waals surface area (Å²) in [6.07, 6.45) is 50.6. The summed E-state index contributed by atoms with van der Waals surface area (Å²) in [6, 6.07) is 0. The number of nitrogens with zero attached hydrogens (tertiary/aromatic N) is 1. The van der Waals surface area contributed by atoms with Crippen molar-refractivity contribution >= 4 is 19.8 Å². The zero-order chi connectivity index (χ0) is 42.8. The number of carbonyl (C=O) groups excluding carboxylic acids is 2. The van der Waals surface area contributed by atoms with Crippen molar-refractivity contribution in [1.82, 2.24) is 0 Å². The normalized spacial score (nSPS) is 14.4. The van der Waals surface area contributed by atoms with E-state index in [1.54, 1.807) is 0 Å². The lowest BCUT2D eigenvalue weighted by Crippen LogP contribution is -2.37. The Hall–Kier alpha value is -2.81. The van der Waals surface area contributed by atoms with Crippen molar-refractivity contribution in [2.24, 2.45) is 0 Å². The highest BCUT2D eigenvalue weighted by Crippen LogP contribution is 2.43. The molecule has 0 saturated heterocycles. The fourth-order valence-electron chi connectivity index (χ4n) is 5.43. The second-order valence-electron chi connectivity index (χ2n) is 15.7. The summed E-state index contributed by atoms with van der Waals surface area (Å²) >= 11 is 0. The molecule has 2 unspecified atom stereocenters. The maximum atomic E-state index is 12.7. The first-order chi connectivity index (χ1) is 28.0. The monoisotopic (exact) mass is 833 g/mol. The van der Waals surface area contributed by atoms with Crippen molar-refractivity contribution in [2.75, 3.05) is 47.5 Å². The van der Waals surface area contributed by atoms with E-state index in [1.165, 1.54) is 44.9 Å². The highest BCUT2D eigenvalue weighted by molar-refractivity contribution is 7.47. The molecule has 0 spiro atoms. The van der Waals surface area contributed by atoms with Crippen LogP contribution in [0.3, 0.4) is 0 Å². The van der Waals surface area contributed by atoms with E-state index in [4.69, 9.17) is 18.5 Å². The van der Waals surface area contributed by atoms with Crippen LogP contribution in [0.2, 0.25) is 0 Å². The average Bonchev–Trinajstić information content (AvgIpc) is 3.17. The Morgan fingerprint density at radius 3 is 1.52 bits per heavy atom. The molecule has 0 saturated carbocycles. The molecule has 0 bridgehead atoms. The number of quaternary nitrogens is 1. The SMILES string of the molecule is CC/C=C\C/C=C\C/C=C\C/C=C\C/C=C\CCCC(=O)OC(COC(=O)CCCCCCCCC/C=C\C/C=C\CCCCC)COP(=O)(O)OCC[N+](C)(C)C. The standard InChI is InChI=1S/C48H82NO8P/c1-6-8-10-12-14-16-18-20-22-24-26-28-30-32-34-36-38-40-47(50)54-44-46(45-56-58(52,53)55-43-42-49(3,4)5)57-48(51)41-39-37-35-33-31-29-27-25-23-21-19-17-15-13-11-9-7-2/h9,11,14-17,20-23,27,29,33,35,46H,6-8,10,12-13,18-19,24-26,28,30-32,34,36-45H2,1-5H3/p+1/b11-9-,16-14-,17-15-,22-20-,23-21-,29-27-,35-33-. The zero-order valence-corrected chi connectivity index (χ0v) is 38.1. The predicted molar refractivity (Wildman–Crippen MR) is 242 cm³/mol. The first kappa shape index (κ1) is 55.2. The van der Waals surface area contributed by atoms with Gasteiger partial charge in [0.2, 0.25) is 0 Å². The molecule has 0 aromatic carbocycles. The van der Waals surface area contributed by atoms with Crippen molar-refractivity contribution in [1.29, 1.82) is 0 Å². The lowest BCUT2D eigenvalue weighted by molar-refractivity contribution is -0.870. The van der Waals surface area contributed by atoms with E-state index < -0.39 is 32.5 Å². The molecule has 0 aromatic rings. The van der Waals surface area contributed by atoms with E-state index >= 15 is 0 Å². The highest BCUT2D eigenvalue weighted by Gasteiger charge is 2.27. The van der Waals surface area contributed by atoms with Gasteiger partial charge in [0.25, 0.3) is 0 Å². The van der Waals surface area contributed by atoms with Gasteiger partial charge in [-0.15, -0.1) is 0 Å². The Morgan fingerprint density at radius 2 is 1.00 bits per heavy atom. The molecule has 58 heavy (non-hydrogen) atoms. The number of esters is 2. The second-order valence-corrected chi connectivity index (χ2v) is 17.1. The number of hydrogen-bond donors (Lipinski definition) is 1. The molecular weight excluding hydrogens is 750 g/mol. The fraction of sp³-hybridized carbons (Fsp3) is 0.667. The molecule has 0 heterocycles. The van der Waals surface area contributed by atoms with Crippen LogP contribution in [0.1, 0.15) is 155 Å². The van der Waals surface area contributed by atoms with Crippen LogP contribution in [-0.2, 0) is 32.7 Å². The number of phosphoric acid groups is 1. The second kappa shape index (κ2) is 39.6. The minimum absolute atomic E-state index is 0.0151. The largest absolute Gasteiger partial charge is 0.472 e. The molecular formula is C48H83NO8P+. The molecule has 0 aromatic heterocycles. The van der Waals surface area contributed by atoms with Gasteiger partial charge >= 0.3 is 19.8 Å². The van der Waals surface area contributed by atoms with Crippen molar-refractivity contribution in [3.63, 3.8) is 0 Å². The van der Waals surface area contributed by atoms with Gasteiger partial charge in [-0.3, -0.25) is 18.6 Å². The van der Waals surface area contributed by atoms with Crippen LogP contribution in [-0.4, -0.2) is 74.9 Å². The summed E-state index contributed by atoms with van der Waals surface area (Å²) < 4.78 is 34.2. The maximum Gasteiger partial charge on any atom is 0.472 e. The smallest absolute Gasteiger partial charge is 0.462 e. The molecule has 0 aliphatic carbocycles. The van der Waals surface area contributed by atoms with Crippen LogP contribution >= 0.6 is 7.82 Å². The molecule has 0 amide bonds. The molecule has 0 rings (SSSR count). The van der Waals surface area contributed by atoms with E-state index in [0.717, 1.165) is 70.6 Å². The summed E-state index contributed by atoms with van der Waals surface area (Å²) in [5.41, 5.74) is 0. The lowest BCUT2D eigenvalue weighted by Gasteiger charge is -2.24. The molecule has 1 N–H and O–H groups in total. The minimum atomic E-state index is -4.40. The third-order valence-corrected chi connectivity index (χ3v) is 9.89. The summed E-state index contributed by atoms with van der Waals surface area (Å²) in [7, 11) is 1.42. The van der Waals surface area contributed by atoms with Gasteiger partial charge in [-0.25, -0.2) is 4.57 Å². The Balaban J connectivity index is 4.48. The van der Waals surface area contributed by atoms with Crippen LogP contribution in [0.4, 0.5) is 0 Å². The highest BCUT2D eigenvalue weighted by atomic mass is 31.2. The van der Waals surface area contributed by atoms with E-state index in [-0.39, 0.29) is 26.1 Å². The third kappa shape index (κ3) is 42.8. The molecule has 10 heteroatoms. The quantitative estimate of drug-likeness (QED) is 0.0214. The number of unbranched alkanes of at least 4 members (excludes halogenated alkanes) is 11. The van der Waals surface area contributed by atoms with Gasteiger partial charge in [-0.2, -0.15) is 0 Å². The fourth-order valence-corrected chi connectivity index (χ4v) is 6.17. The van der Waals surface area contributed by atoms with Crippen LogP contribution in [0.5, 0.6) is 0 Å². The van der Waals surface area contributed by atoms with Gasteiger partial charge in [-0.05, 0) is 83.5 Å². The van der Waals surface area contributed by atoms with Crippen LogP contribution in [0.25, 0.3) is 0 Å². The molecule has 0 aliphatic rings. The molecule has 9 nitrogen and oxygen atoms in total. The summed E-state index contributed by atoms with van der Waals surface area (Å²) in [5.74, 6) is -0.884. The third-order valence-electron chi connectivity index (χ3n) is 8.91. The molecule has 0 fully saturated rings. The van der Waals surface area contributed by atoms with E-state index in [9.17, 15) is 19.0 Å². The minimum Gasteiger partial charge on any atom is -0.462 e. The van der Waals surface area contributed by atoms with Crippen LogP contribution < -0.4 is 0 Å². The Labute approximate surface area is 354 Å². The van der Waals surface area contributed by atoms with E-state index in [1.807, 2.05) is 27.2 Å². The number of allylic oxidation sites excluding steroid dienone is 14. The molecule has 0 radical (unpaired) electrons. The number of rotatable bonds is 39. The van der Waals surface area contributed by atoms with Gasteiger partial charge < -0.3 is 18.9 Å². The van der Waals surface area contributed by atoms with Gasteiger partial charge in [-0.1, -0.05) is 144 Å².